The Kier molecular flexibility index (Phi) is 5.24. The summed E-state index contributed by atoms with van der Waals surface area (Å²) in [7, 11) is -2.59. The molecule has 0 aliphatic heterocycles. The smallest absolute Gasteiger partial charge is 0.350 e. The molecule has 2 heterocycles. The van der Waals surface area contributed by atoms with E-state index in [1.807, 2.05) is 0 Å². The van der Waals surface area contributed by atoms with E-state index in [1.54, 1.807) is 42.6 Å². The molecule has 1 aromatic carbocycles. The number of hydrogen-bond donors (Lipinski definition) is 1. The number of methoxy groups -OCH3 is 1. The molecule has 6 nitrogen and oxygen atoms in total. The van der Waals surface area contributed by atoms with Gasteiger partial charge in [0.2, 0.25) is 0 Å². The predicted octanol–water partition coefficient (Wildman–Crippen LogP) is 3.84. The molecule has 0 fully saturated rings. The van der Waals surface area contributed by atoms with Gasteiger partial charge in [-0.05, 0) is 36.2 Å². The topological polar surface area (TPSA) is 85.4 Å². The number of anilines is 1. The number of carbonyl (C=O) groups is 1. The van der Waals surface area contributed by atoms with Gasteiger partial charge < -0.3 is 4.74 Å². The maximum absolute atomic E-state index is 12.8. The third-order valence-corrected chi connectivity index (χ3v) is 6.31. The monoisotopic (exact) mass is 390 g/mol. The van der Waals surface area contributed by atoms with Gasteiger partial charge in [-0.15, -0.1) is 11.3 Å². The molecule has 136 valence electrons. The van der Waals surface area contributed by atoms with Crippen LogP contribution in [-0.4, -0.2) is 26.5 Å². The SMILES string of the molecule is CCCc1ccc(S(=O)(=O)Nc2c(C(=O)OC)sc3ncccc23)cc1. The molecular formula is C18H18N2O4S2. The van der Waals surface area contributed by atoms with Crippen LogP contribution in [0.5, 0.6) is 0 Å². The quantitative estimate of drug-likeness (QED) is 0.647. The zero-order valence-corrected chi connectivity index (χ0v) is 16.0. The van der Waals surface area contributed by atoms with Crippen molar-refractivity contribution in [1.29, 1.82) is 0 Å². The van der Waals surface area contributed by atoms with Gasteiger partial charge in [-0.1, -0.05) is 25.5 Å². The Morgan fingerprint density at radius 1 is 1.23 bits per heavy atom. The Balaban J connectivity index is 2.02. The molecule has 0 saturated heterocycles. The number of aryl methyl sites for hydroxylation is 1. The van der Waals surface area contributed by atoms with Crippen LogP contribution < -0.4 is 4.72 Å². The highest BCUT2D eigenvalue weighted by Crippen LogP contribution is 2.36. The highest BCUT2D eigenvalue weighted by molar-refractivity contribution is 7.92. The molecule has 1 N–H and O–H groups in total. The number of carbonyl (C=O) groups excluding carboxylic acids is 1. The van der Waals surface area contributed by atoms with Gasteiger partial charge in [-0.3, -0.25) is 4.72 Å². The van der Waals surface area contributed by atoms with E-state index < -0.39 is 16.0 Å². The van der Waals surface area contributed by atoms with Crippen LogP contribution in [0.3, 0.4) is 0 Å². The molecule has 0 saturated carbocycles. The average Bonchev–Trinajstić information content (AvgIpc) is 3.00. The first-order chi connectivity index (χ1) is 12.5. The lowest BCUT2D eigenvalue weighted by molar-refractivity contribution is 0.0607. The number of ether oxygens (including phenoxy) is 1. The zero-order chi connectivity index (χ0) is 18.7. The first kappa shape index (κ1) is 18.3. The molecule has 0 spiro atoms. The second-order valence-electron chi connectivity index (χ2n) is 5.65. The number of sulfonamides is 1. The summed E-state index contributed by atoms with van der Waals surface area (Å²) in [5.74, 6) is -0.607. The van der Waals surface area contributed by atoms with Crippen LogP contribution in [0.2, 0.25) is 0 Å². The molecule has 0 aliphatic rings. The average molecular weight is 390 g/mol. The summed E-state index contributed by atoms with van der Waals surface area (Å²) in [6.45, 7) is 2.07. The summed E-state index contributed by atoms with van der Waals surface area (Å²) in [5, 5.41) is 0.559. The molecule has 26 heavy (non-hydrogen) atoms. The molecular weight excluding hydrogens is 372 g/mol. The summed E-state index contributed by atoms with van der Waals surface area (Å²) in [6.07, 6.45) is 3.46. The van der Waals surface area contributed by atoms with Crippen molar-refractivity contribution in [3.8, 4) is 0 Å². The summed E-state index contributed by atoms with van der Waals surface area (Å²) < 4.78 is 32.9. The minimum atomic E-state index is -3.85. The van der Waals surface area contributed by atoms with Crippen molar-refractivity contribution in [2.45, 2.75) is 24.7 Å². The van der Waals surface area contributed by atoms with Crippen LogP contribution in [0.25, 0.3) is 10.2 Å². The minimum Gasteiger partial charge on any atom is -0.465 e. The highest BCUT2D eigenvalue weighted by atomic mass is 32.2. The summed E-state index contributed by atoms with van der Waals surface area (Å²) in [6, 6.07) is 10.1. The van der Waals surface area contributed by atoms with Crippen LogP contribution in [0, 0.1) is 0 Å². The number of nitrogens with zero attached hydrogens (tertiary/aromatic N) is 1. The highest BCUT2D eigenvalue weighted by Gasteiger charge is 2.24. The molecule has 3 aromatic rings. The van der Waals surface area contributed by atoms with Gasteiger partial charge in [-0.25, -0.2) is 18.2 Å². The molecule has 0 atom stereocenters. The van der Waals surface area contributed by atoms with Gasteiger partial charge in [0.15, 0.2) is 0 Å². The van der Waals surface area contributed by atoms with Crippen molar-refractivity contribution in [3.63, 3.8) is 0 Å². The number of fused-ring (bicyclic) bond motifs is 1. The zero-order valence-electron chi connectivity index (χ0n) is 14.4. The fourth-order valence-corrected chi connectivity index (χ4v) is 4.76. The number of thiophene rings is 1. The third kappa shape index (κ3) is 3.56. The van der Waals surface area contributed by atoms with E-state index in [0.717, 1.165) is 29.7 Å². The molecule has 0 bridgehead atoms. The van der Waals surface area contributed by atoms with Gasteiger partial charge >= 0.3 is 5.97 Å². The summed E-state index contributed by atoms with van der Waals surface area (Å²) in [4.78, 5) is 17.1. The first-order valence-electron chi connectivity index (χ1n) is 8.04. The fraction of sp³-hybridized carbons (Fsp3) is 0.222. The molecule has 8 heteroatoms. The molecule has 3 rings (SSSR count). The van der Waals surface area contributed by atoms with Gasteiger partial charge in [0.25, 0.3) is 10.0 Å². The van der Waals surface area contributed by atoms with Crippen LogP contribution in [0.1, 0.15) is 28.6 Å². The lowest BCUT2D eigenvalue weighted by atomic mass is 10.1. The second kappa shape index (κ2) is 7.43. The number of rotatable bonds is 6. The Bertz CT molecular complexity index is 1040. The normalized spacial score (nSPS) is 11.5. The summed E-state index contributed by atoms with van der Waals surface area (Å²) in [5.41, 5.74) is 1.27. The van der Waals surface area contributed by atoms with Crippen molar-refractivity contribution >= 4 is 43.2 Å². The second-order valence-corrected chi connectivity index (χ2v) is 8.33. The van der Waals surface area contributed by atoms with Gasteiger partial charge in [0, 0.05) is 11.6 Å². The van der Waals surface area contributed by atoms with Crippen molar-refractivity contribution < 1.29 is 17.9 Å². The Hall–Kier alpha value is -2.45. The van der Waals surface area contributed by atoms with E-state index in [0.29, 0.717) is 10.2 Å². The van der Waals surface area contributed by atoms with E-state index in [2.05, 4.69) is 16.6 Å². The fourth-order valence-electron chi connectivity index (χ4n) is 2.59. The standard InChI is InChI=1S/C18H18N2O4S2/c1-3-5-12-7-9-13(10-8-12)26(22,23)20-15-14-6-4-11-19-17(14)25-16(15)18(21)24-2/h4,6-11,20H,3,5H2,1-2H3. The number of hydrogen-bond acceptors (Lipinski definition) is 6. The van der Waals surface area contributed by atoms with Crippen LogP contribution in [-0.2, 0) is 21.2 Å². The lowest BCUT2D eigenvalue weighted by Gasteiger charge is -2.10. The number of aromatic nitrogens is 1. The van der Waals surface area contributed by atoms with E-state index in [1.165, 1.54) is 7.11 Å². The number of benzene rings is 1. The maximum Gasteiger partial charge on any atom is 0.350 e. The molecule has 2 aromatic heterocycles. The van der Waals surface area contributed by atoms with Crippen molar-refractivity contribution in [2.24, 2.45) is 0 Å². The maximum atomic E-state index is 12.8. The first-order valence-corrected chi connectivity index (χ1v) is 10.3. The third-order valence-electron chi connectivity index (χ3n) is 3.85. The Morgan fingerprint density at radius 2 is 1.96 bits per heavy atom. The number of nitrogens with one attached hydrogen (secondary N) is 1. The van der Waals surface area contributed by atoms with Crippen molar-refractivity contribution in [3.05, 3.63) is 53.0 Å². The largest absolute Gasteiger partial charge is 0.465 e. The predicted molar refractivity (Wildman–Crippen MR) is 102 cm³/mol. The van der Waals surface area contributed by atoms with E-state index in [-0.39, 0.29) is 15.5 Å². The van der Waals surface area contributed by atoms with E-state index in [9.17, 15) is 13.2 Å². The van der Waals surface area contributed by atoms with Gasteiger partial charge in [0.05, 0.1) is 17.7 Å². The van der Waals surface area contributed by atoms with Crippen LogP contribution in [0.15, 0.2) is 47.5 Å². The van der Waals surface area contributed by atoms with E-state index >= 15 is 0 Å². The molecule has 0 radical (unpaired) electrons. The van der Waals surface area contributed by atoms with E-state index in [4.69, 9.17) is 4.74 Å². The van der Waals surface area contributed by atoms with Gasteiger partial charge in [0.1, 0.15) is 9.71 Å². The Morgan fingerprint density at radius 3 is 2.62 bits per heavy atom. The molecule has 0 unspecified atom stereocenters. The van der Waals surface area contributed by atoms with Gasteiger partial charge in [-0.2, -0.15) is 0 Å². The minimum absolute atomic E-state index is 0.136. The van der Waals surface area contributed by atoms with Crippen LogP contribution >= 0.6 is 11.3 Å². The lowest BCUT2D eigenvalue weighted by Crippen LogP contribution is -2.15. The Labute approximate surface area is 155 Å². The molecule has 0 amide bonds. The number of pyridine rings is 1. The number of esters is 1. The van der Waals surface area contributed by atoms with Crippen molar-refractivity contribution in [1.82, 2.24) is 4.98 Å². The molecule has 0 aliphatic carbocycles. The summed E-state index contributed by atoms with van der Waals surface area (Å²) >= 11 is 1.09. The van der Waals surface area contributed by atoms with Crippen molar-refractivity contribution in [2.75, 3.05) is 11.8 Å². The van der Waals surface area contributed by atoms with Crippen LogP contribution in [0.4, 0.5) is 5.69 Å².